The fourth-order valence-corrected chi connectivity index (χ4v) is 2.29. The van der Waals surface area contributed by atoms with E-state index in [1.807, 2.05) is 12.1 Å². The fourth-order valence-electron chi connectivity index (χ4n) is 2.29. The van der Waals surface area contributed by atoms with Crippen LogP contribution in [0.4, 0.5) is 5.69 Å². The van der Waals surface area contributed by atoms with Crippen LogP contribution in [0.1, 0.15) is 38.1 Å². The number of carbonyl (C=O) groups is 1. The normalized spacial score (nSPS) is 11.3. The summed E-state index contributed by atoms with van der Waals surface area (Å²) in [7, 11) is 0. The van der Waals surface area contributed by atoms with Crippen LogP contribution in [0.15, 0.2) is 24.3 Å². The summed E-state index contributed by atoms with van der Waals surface area (Å²) in [6.45, 7) is 9.62. The predicted molar refractivity (Wildman–Crippen MR) is 75.1 cm³/mol. The van der Waals surface area contributed by atoms with E-state index in [4.69, 9.17) is 5.11 Å². The average Bonchev–Trinajstić information content (AvgIpc) is 2.28. The Morgan fingerprint density at radius 3 is 2.22 bits per heavy atom. The molecule has 0 heterocycles. The van der Waals surface area contributed by atoms with Gasteiger partial charge in [-0.15, -0.1) is 0 Å². The minimum Gasteiger partial charge on any atom is -0.478 e. The average molecular weight is 249 g/mol. The maximum absolute atomic E-state index is 11.1. The molecule has 1 rings (SSSR count). The van der Waals surface area contributed by atoms with Crippen molar-refractivity contribution in [2.75, 3.05) is 11.9 Å². The van der Waals surface area contributed by atoms with Crippen molar-refractivity contribution in [2.45, 2.75) is 27.7 Å². The maximum atomic E-state index is 11.1. The number of nitrogens with one attached hydrogen (secondary N) is 1. The zero-order valence-electron chi connectivity index (χ0n) is 11.6. The van der Waals surface area contributed by atoms with Gasteiger partial charge >= 0.3 is 5.97 Å². The van der Waals surface area contributed by atoms with Gasteiger partial charge in [0.1, 0.15) is 0 Å². The van der Waals surface area contributed by atoms with Crippen molar-refractivity contribution in [3.8, 4) is 0 Å². The molecular weight excluding hydrogens is 226 g/mol. The summed E-state index contributed by atoms with van der Waals surface area (Å²) in [5.74, 6) is 0.805. The van der Waals surface area contributed by atoms with Gasteiger partial charge in [0, 0.05) is 12.2 Å². The SMILES string of the molecule is CC(C)C(CNc1ccccc1C(=O)O)C(C)C. The molecule has 0 atom stereocenters. The van der Waals surface area contributed by atoms with Gasteiger partial charge in [-0.2, -0.15) is 0 Å². The molecule has 3 heteroatoms. The molecule has 0 fully saturated rings. The highest BCUT2D eigenvalue weighted by atomic mass is 16.4. The van der Waals surface area contributed by atoms with Gasteiger partial charge in [0.15, 0.2) is 0 Å². The zero-order chi connectivity index (χ0) is 13.7. The summed E-state index contributed by atoms with van der Waals surface area (Å²) in [5.41, 5.74) is 1.04. The number of anilines is 1. The minimum atomic E-state index is -0.885. The third kappa shape index (κ3) is 3.76. The predicted octanol–water partition coefficient (Wildman–Crippen LogP) is 3.72. The van der Waals surface area contributed by atoms with Crippen LogP contribution in [-0.4, -0.2) is 17.6 Å². The van der Waals surface area contributed by atoms with E-state index in [-0.39, 0.29) is 0 Å². The van der Waals surface area contributed by atoms with Crippen molar-refractivity contribution in [3.05, 3.63) is 29.8 Å². The summed E-state index contributed by atoms with van der Waals surface area (Å²) < 4.78 is 0. The fraction of sp³-hybridized carbons (Fsp3) is 0.533. The van der Waals surface area contributed by atoms with Crippen LogP contribution < -0.4 is 5.32 Å². The Labute approximate surface area is 109 Å². The van der Waals surface area contributed by atoms with E-state index in [0.29, 0.717) is 29.0 Å². The van der Waals surface area contributed by atoms with Crippen LogP contribution in [0.5, 0.6) is 0 Å². The molecule has 2 N–H and O–H groups in total. The highest BCUT2D eigenvalue weighted by Gasteiger charge is 2.18. The number of rotatable bonds is 6. The summed E-state index contributed by atoms with van der Waals surface area (Å²) in [6.07, 6.45) is 0. The summed E-state index contributed by atoms with van der Waals surface area (Å²) in [6, 6.07) is 7.05. The Hall–Kier alpha value is -1.51. The van der Waals surface area contributed by atoms with E-state index in [0.717, 1.165) is 6.54 Å². The third-order valence-electron chi connectivity index (χ3n) is 3.40. The molecule has 0 aliphatic rings. The quantitative estimate of drug-likeness (QED) is 0.807. The van der Waals surface area contributed by atoms with Gasteiger partial charge in [0.25, 0.3) is 0 Å². The van der Waals surface area contributed by atoms with Gasteiger partial charge in [-0.3, -0.25) is 0 Å². The van der Waals surface area contributed by atoms with E-state index in [1.165, 1.54) is 0 Å². The first kappa shape index (κ1) is 14.6. The lowest BCUT2D eigenvalue weighted by molar-refractivity contribution is 0.0698. The molecular formula is C15H23NO2. The number of carboxylic acids is 1. The van der Waals surface area contributed by atoms with Gasteiger partial charge in [-0.05, 0) is 29.9 Å². The molecule has 0 radical (unpaired) electrons. The first-order valence-corrected chi connectivity index (χ1v) is 6.49. The number of aromatic carboxylic acids is 1. The summed E-state index contributed by atoms with van der Waals surface area (Å²) in [4.78, 5) is 11.1. The number of hydrogen-bond donors (Lipinski definition) is 2. The number of para-hydroxylation sites is 1. The van der Waals surface area contributed by atoms with Crippen LogP contribution in [0.2, 0.25) is 0 Å². The van der Waals surface area contributed by atoms with E-state index in [2.05, 4.69) is 33.0 Å². The van der Waals surface area contributed by atoms with Crippen molar-refractivity contribution in [1.82, 2.24) is 0 Å². The lowest BCUT2D eigenvalue weighted by atomic mass is 9.85. The monoisotopic (exact) mass is 249 g/mol. The Morgan fingerprint density at radius 1 is 1.17 bits per heavy atom. The van der Waals surface area contributed by atoms with Crippen LogP contribution in [0.3, 0.4) is 0 Å². The number of hydrogen-bond acceptors (Lipinski definition) is 2. The molecule has 0 bridgehead atoms. The Morgan fingerprint density at radius 2 is 1.72 bits per heavy atom. The van der Waals surface area contributed by atoms with Gasteiger partial charge in [-0.1, -0.05) is 39.8 Å². The van der Waals surface area contributed by atoms with Crippen LogP contribution in [0.25, 0.3) is 0 Å². The molecule has 18 heavy (non-hydrogen) atoms. The first-order valence-electron chi connectivity index (χ1n) is 6.49. The second-order valence-electron chi connectivity index (χ2n) is 5.38. The highest BCUT2D eigenvalue weighted by Crippen LogP contribution is 2.22. The van der Waals surface area contributed by atoms with E-state index in [9.17, 15) is 4.79 Å². The molecule has 1 aromatic rings. The molecule has 0 aromatic heterocycles. The summed E-state index contributed by atoms with van der Waals surface area (Å²) in [5, 5.41) is 12.4. The first-order chi connectivity index (χ1) is 8.43. The molecule has 100 valence electrons. The van der Waals surface area contributed by atoms with E-state index < -0.39 is 5.97 Å². The van der Waals surface area contributed by atoms with Crippen LogP contribution >= 0.6 is 0 Å². The van der Waals surface area contributed by atoms with Crippen molar-refractivity contribution < 1.29 is 9.90 Å². The van der Waals surface area contributed by atoms with Crippen molar-refractivity contribution in [1.29, 1.82) is 0 Å². The molecule has 0 unspecified atom stereocenters. The maximum Gasteiger partial charge on any atom is 0.337 e. The molecule has 0 saturated carbocycles. The molecule has 0 saturated heterocycles. The van der Waals surface area contributed by atoms with Crippen molar-refractivity contribution in [2.24, 2.45) is 17.8 Å². The van der Waals surface area contributed by atoms with Crippen molar-refractivity contribution >= 4 is 11.7 Å². The Kier molecular flexibility index (Phi) is 5.20. The lowest BCUT2D eigenvalue weighted by Gasteiger charge is -2.25. The van der Waals surface area contributed by atoms with Crippen molar-refractivity contribution in [3.63, 3.8) is 0 Å². The topological polar surface area (TPSA) is 49.3 Å². The number of benzene rings is 1. The van der Waals surface area contributed by atoms with Gasteiger partial charge in [0.2, 0.25) is 0 Å². The zero-order valence-corrected chi connectivity index (χ0v) is 11.6. The molecule has 0 aliphatic heterocycles. The van der Waals surface area contributed by atoms with Gasteiger partial charge in [-0.25, -0.2) is 4.79 Å². The standard InChI is InChI=1S/C15H23NO2/c1-10(2)13(11(3)4)9-16-14-8-6-5-7-12(14)15(17)18/h5-8,10-11,13,16H,9H2,1-4H3,(H,17,18). The van der Waals surface area contributed by atoms with Gasteiger partial charge < -0.3 is 10.4 Å². The van der Waals surface area contributed by atoms with E-state index >= 15 is 0 Å². The molecule has 0 aliphatic carbocycles. The second-order valence-corrected chi connectivity index (χ2v) is 5.38. The van der Waals surface area contributed by atoms with Gasteiger partial charge in [0.05, 0.1) is 5.56 Å². The third-order valence-corrected chi connectivity index (χ3v) is 3.40. The smallest absolute Gasteiger partial charge is 0.337 e. The Bertz CT molecular complexity index is 391. The molecule has 0 amide bonds. The lowest BCUT2D eigenvalue weighted by Crippen LogP contribution is -2.25. The number of carboxylic acid groups (broad SMARTS) is 1. The molecule has 3 nitrogen and oxygen atoms in total. The summed E-state index contributed by atoms with van der Waals surface area (Å²) >= 11 is 0. The second kappa shape index (κ2) is 6.43. The van der Waals surface area contributed by atoms with E-state index in [1.54, 1.807) is 12.1 Å². The molecule has 0 spiro atoms. The molecule has 1 aromatic carbocycles. The Balaban J connectivity index is 2.76. The van der Waals surface area contributed by atoms with Crippen LogP contribution in [-0.2, 0) is 0 Å². The highest BCUT2D eigenvalue weighted by molar-refractivity contribution is 5.94. The van der Waals surface area contributed by atoms with Crippen LogP contribution in [0, 0.1) is 17.8 Å². The minimum absolute atomic E-state index is 0.337. The largest absolute Gasteiger partial charge is 0.478 e.